The molecule has 1 aromatic carbocycles. The number of rotatable bonds is 5. The lowest BCUT2D eigenvalue weighted by molar-refractivity contribution is -0.170. The van der Waals surface area contributed by atoms with Gasteiger partial charge in [-0.25, -0.2) is 0 Å². The fourth-order valence-corrected chi connectivity index (χ4v) is 4.12. The molecule has 0 aliphatic heterocycles. The molecule has 0 N–H and O–H groups in total. The van der Waals surface area contributed by atoms with Gasteiger partial charge in [0.25, 0.3) is 0 Å². The fraction of sp³-hybridized carbons (Fsp3) is 0.478. The topological polar surface area (TPSA) is 105 Å². The average Bonchev–Trinajstić information content (AvgIpc) is 2.91. The van der Waals surface area contributed by atoms with Crippen molar-refractivity contribution in [1.82, 2.24) is 0 Å². The zero-order chi connectivity index (χ0) is 23.1. The summed E-state index contributed by atoms with van der Waals surface area (Å²) in [5.41, 5.74) is -1.86. The van der Waals surface area contributed by atoms with Crippen molar-refractivity contribution in [1.29, 1.82) is 0 Å². The molecule has 0 amide bonds. The molecular weight excluding hydrogens is 404 g/mol. The summed E-state index contributed by atoms with van der Waals surface area (Å²) in [6.45, 7) is 0. The van der Waals surface area contributed by atoms with E-state index in [-0.39, 0.29) is 32.1 Å². The van der Waals surface area contributed by atoms with Crippen LogP contribution in [0.4, 0.5) is 0 Å². The van der Waals surface area contributed by atoms with Crippen LogP contribution in [-0.4, -0.2) is 52.3 Å². The van der Waals surface area contributed by atoms with Crippen molar-refractivity contribution in [2.45, 2.75) is 32.1 Å². The molecule has 1 aliphatic rings. The lowest BCUT2D eigenvalue weighted by Gasteiger charge is -2.29. The van der Waals surface area contributed by atoms with E-state index in [1.807, 2.05) is 30.3 Å². The van der Waals surface area contributed by atoms with Gasteiger partial charge in [-0.05, 0) is 43.2 Å². The standard InChI is InChI=1S/C23H28O8/c1-28-18(24)22(19(25)29-2)12-8-13-23(20(26)30-3,21(27)31-4)15-17(11-14-22)16-9-6-5-7-10-16/h5-7,9-11H,8,12-15H2,1-4H3/b17-11+. The molecule has 0 saturated carbocycles. The minimum Gasteiger partial charge on any atom is -0.468 e. The zero-order valence-corrected chi connectivity index (χ0v) is 18.3. The van der Waals surface area contributed by atoms with Crippen LogP contribution in [0, 0.1) is 10.8 Å². The van der Waals surface area contributed by atoms with Crippen molar-refractivity contribution in [2.24, 2.45) is 10.8 Å². The summed E-state index contributed by atoms with van der Waals surface area (Å²) in [6.07, 6.45) is 1.91. The predicted octanol–water partition coefficient (Wildman–Crippen LogP) is 2.70. The first-order valence-corrected chi connectivity index (χ1v) is 9.89. The Balaban J connectivity index is 2.69. The maximum absolute atomic E-state index is 12.9. The van der Waals surface area contributed by atoms with Crippen molar-refractivity contribution in [2.75, 3.05) is 28.4 Å². The van der Waals surface area contributed by atoms with Crippen LogP contribution in [0.25, 0.3) is 5.57 Å². The normalized spacial score (nSPS) is 19.3. The highest BCUT2D eigenvalue weighted by molar-refractivity contribution is 6.03. The van der Waals surface area contributed by atoms with Gasteiger partial charge in [0, 0.05) is 0 Å². The number of allylic oxidation sites excluding steroid dienone is 2. The predicted molar refractivity (Wildman–Crippen MR) is 110 cm³/mol. The number of hydrogen-bond donors (Lipinski definition) is 0. The number of esters is 4. The van der Waals surface area contributed by atoms with Gasteiger partial charge in [-0.15, -0.1) is 0 Å². The van der Waals surface area contributed by atoms with Crippen molar-refractivity contribution in [3.05, 3.63) is 42.0 Å². The molecule has 0 heterocycles. The Morgan fingerprint density at radius 2 is 1.16 bits per heavy atom. The summed E-state index contributed by atoms with van der Waals surface area (Å²) < 4.78 is 19.8. The molecule has 1 aromatic rings. The first kappa shape index (κ1) is 24.1. The fourth-order valence-electron chi connectivity index (χ4n) is 4.12. The number of carbonyl (C=O) groups is 4. The van der Waals surface area contributed by atoms with E-state index in [0.29, 0.717) is 5.57 Å². The average molecular weight is 432 g/mol. The van der Waals surface area contributed by atoms with Crippen molar-refractivity contribution in [3.63, 3.8) is 0 Å². The molecule has 1 aliphatic carbocycles. The van der Waals surface area contributed by atoms with E-state index in [0.717, 1.165) is 5.56 Å². The SMILES string of the molecule is COC(=O)C1(C(=O)OC)C/C=C(/c2ccccc2)CC(C(=O)OC)(C(=O)OC)CCC1. The van der Waals surface area contributed by atoms with Crippen LogP contribution in [0.1, 0.15) is 37.7 Å². The monoisotopic (exact) mass is 432 g/mol. The van der Waals surface area contributed by atoms with Gasteiger partial charge in [-0.1, -0.05) is 36.4 Å². The molecule has 0 saturated heterocycles. The van der Waals surface area contributed by atoms with Gasteiger partial charge in [0.1, 0.15) is 0 Å². The second-order valence-electron chi connectivity index (χ2n) is 7.46. The molecule has 0 atom stereocenters. The molecule has 31 heavy (non-hydrogen) atoms. The lowest BCUT2D eigenvalue weighted by atomic mass is 9.75. The third-order valence-electron chi connectivity index (χ3n) is 5.85. The summed E-state index contributed by atoms with van der Waals surface area (Å²) in [4.78, 5) is 51.1. The van der Waals surface area contributed by atoms with E-state index >= 15 is 0 Å². The lowest BCUT2D eigenvalue weighted by Crippen LogP contribution is -2.43. The second-order valence-corrected chi connectivity index (χ2v) is 7.46. The quantitative estimate of drug-likeness (QED) is 0.397. The molecule has 8 nitrogen and oxygen atoms in total. The van der Waals surface area contributed by atoms with Crippen LogP contribution in [0.3, 0.4) is 0 Å². The smallest absolute Gasteiger partial charge is 0.323 e. The highest BCUT2D eigenvalue weighted by Gasteiger charge is 2.52. The molecule has 2 rings (SSSR count). The Morgan fingerprint density at radius 3 is 1.65 bits per heavy atom. The molecule has 0 radical (unpaired) electrons. The van der Waals surface area contributed by atoms with Crippen LogP contribution in [0.2, 0.25) is 0 Å². The Kier molecular flexibility index (Phi) is 7.96. The van der Waals surface area contributed by atoms with E-state index in [2.05, 4.69) is 0 Å². The van der Waals surface area contributed by atoms with Crippen LogP contribution in [0.5, 0.6) is 0 Å². The highest BCUT2D eigenvalue weighted by Crippen LogP contribution is 2.44. The van der Waals surface area contributed by atoms with E-state index < -0.39 is 34.7 Å². The van der Waals surface area contributed by atoms with Gasteiger partial charge in [-0.3, -0.25) is 19.2 Å². The van der Waals surface area contributed by atoms with Gasteiger partial charge in [0.15, 0.2) is 10.8 Å². The first-order valence-electron chi connectivity index (χ1n) is 9.89. The van der Waals surface area contributed by atoms with Gasteiger partial charge in [0.05, 0.1) is 28.4 Å². The van der Waals surface area contributed by atoms with Crippen LogP contribution in [-0.2, 0) is 38.1 Å². The summed E-state index contributed by atoms with van der Waals surface area (Å²) in [7, 11) is 4.82. The number of carbonyl (C=O) groups excluding carboxylic acids is 4. The third kappa shape index (κ3) is 4.62. The minimum absolute atomic E-state index is 0.00496. The highest BCUT2D eigenvalue weighted by atomic mass is 16.6. The van der Waals surface area contributed by atoms with Crippen LogP contribution < -0.4 is 0 Å². The minimum atomic E-state index is -1.62. The maximum atomic E-state index is 12.9. The number of hydrogen-bond acceptors (Lipinski definition) is 8. The van der Waals surface area contributed by atoms with E-state index in [1.165, 1.54) is 28.4 Å². The van der Waals surface area contributed by atoms with Gasteiger partial charge in [-0.2, -0.15) is 0 Å². The van der Waals surface area contributed by atoms with E-state index in [9.17, 15) is 19.2 Å². The van der Waals surface area contributed by atoms with Crippen LogP contribution in [0.15, 0.2) is 36.4 Å². The number of ether oxygens (including phenoxy) is 4. The number of benzene rings is 1. The largest absolute Gasteiger partial charge is 0.468 e. The molecule has 0 bridgehead atoms. The summed E-state index contributed by atoms with van der Waals surface area (Å²) in [6, 6.07) is 9.10. The van der Waals surface area contributed by atoms with Crippen molar-refractivity contribution < 1.29 is 38.1 Å². The zero-order valence-electron chi connectivity index (χ0n) is 18.3. The first-order chi connectivity index (χ1) is 14.8. The van der Waals surface area contributed by atoms with E-state index in [4.69, 9.17) is 18.9 Å². The Hall–Kier alpha value is -3.16. The Bertz CT molecular complexity index is 824. The molecular formula is C23H28O8. The van der Waals surface area contributed by atoms with Gasteiger partial charge >= 0.3 is 23.9 Å². The molecule has 8 heteroatoms. The Morgan fingerprint density at radius 1 is 0.710 bits per heavy atom. The van der Waals surface area contributed by atoms with Crippen LogP contribution >= 0.6 is 0 Å². The summed E-state index contributed by atoms with van der Waals surface area (Å²) >= 11 is 0. The summed E-state index contributed by atoms with van der Waals surface area (Å²) in [5.74, 6) is -2.92. The summed E-state index contributed by atoms with van der Waals surface area (Å²) in [5, 5.41) is 0. The van der Waals surface area contributed by atoms with Crippen molar-refractivity contribution >= 4 is 29.5 Å². The molecule has 0 aromatic heterocycles. The molecule has 168 valence electrons. The maximum Gasteiger partial charge on any atom is 0.323 e. The number of methoxy groups -OCH3 is 4. The molecule has 0 spiro atoms. The molecule has 0 unspecified atom stereocenters. The third-order valence-corrected chi connectivity index (χ3v) is 5.85. The molecule has 0 fully saturated rings. The van der Waals surface area contributed by atoms with E-state index in [1.54, 1.807) is 6.08 Å². The van der Waals surface area contributed by atoms with Crippen molar-refractivity contribution in [3.8, 4) is 0 Å². The Labute approximate surface area is 181 Å². The van der Waals surface area contributed by atoms with Gasteiger partial charge < -0.3 is 18.9 Å². The second kappa shape index (κ2) is 10.2. The van der Waals surface area contributed by atoms with Gasteiger partial charge in [0.2, 0.25) is 0 Å².